The van der Waals surface area contributed by atoms with Crippen LogP contribution in [0.25, 0.3) is 22.7 Å². The molecule has 0 unspecified atom stereocenters. The van der Waals surface area contributed by atoms with Gasteiger partial charge in [-0.15, -0.1) is 10.2 Å². The van der Waals surface area contributed by atoms with Crippen molar-refractivity contribution in [1.29, 1.82) is 0 Å². The first-order chi connectivity index (χ1) is 63.9. The standard InChI is InChI=1S/C26H28Cl2N4O3.C25H30Cl2N6O3.C24H28Cl2N6O3.C21H27ClN4O2/c1-16-25(29)26(15-34-16)10-12-31(13-11-26)21-14-22(33)32(17(2)30-21)19-8-9-20(24(28)23(19)27)35-18-6-4-3-5-7-18;1-14-23(32-11-8-25(9-12-32)13-35-15(2)22(25)28)29-16(3)33(24(14)34)17-5-6-18(21(27)20(17)26)36-19-7-10-31(4)30-19;1-14-23(27)24(13-34-14)7-10-31(11-8-24)18-12-20(33)32(15(2)28-18)16-4-5-17(22(26)21(16)25)35-19-6-9-30(3)29-19;1-13-5-4-6-16(19(13)22)26-15(3)24-17(11-18(26)27)25-9-7-21(8-10-25)12-28-14(2)20(21)23/h3-9,14,16,25H,10-13,15,29H2,1-2H3;5-7,10,15,22H,8-9,11-13,28H2,1-4H3;4-6,9,12,14,23H,7-8,10-11,13,27H2,1-3H3;4-6,11,14,20H,7-10,12,23H2,1-3H3/t16-,25+;15-,22+;14-,23+;14-,20+/m0000/s1. The average Bonchev–Trinajstić information content (AvgIpc) is 1.49. The van der Waals surface area contributed by atoms with Crippen LogP contribution in [0.1, 0.15) is 113 Å². The molecule has 14 heterocycles. The highest BCUT2D eigenvalue weighted by molar-refractivity contribution is 6.45. The molecule has 8 aliphatic heterocycles. The molecule has 6 aromatic heterocycles. The molecule has 4 spiro atoms. The number of ether oxygens (including phenoxy) is 7. The number of aromatic nitrogens is 12. The molecule has 134 heavy (non-hydrogen) atoms. The van der Waals surface area contributed by atoms with Crippen molar-refractivity contribution in [2.45, 2.75) is 169 Å². The largest absolute Gasteiger partial charge is 0.456 e. The summed E-state index contributed by atoms with van der Waals surface area (Å²) in [6, 6.07) is 33.4. The second kappa shape index (κ2) is 39.8. The van der Waals surface area contributed by atoms with Crippen LogP contribution < -0.4 is 79.0 Å². The zero-order valence-electron chi connectivity index (χ0n) is 77.0. The third-order valence-electron chi connectivity index (χ3n) is 28.4. The van der Waals surface area contributed by atoms with Gasteiger partial charge in [-0.2, -0.15) is 0 Å². The number of aryl methyl sites for hydroxylation is 7. The van der Waals surface area contributed by atoms with Gasteiger partial charge in [0.1, 0.15) is 84.6 Å². The lowest BCUT2D eigenvalue weighted by Gasteiger charge is -2.42. The Morgan fingerprint density at radius 1 is 0.358 bits per heavy atom. The second-order valence-corrected chi connectivity index (χ2v) is 39.3. The van der Waals surface area contributed by atoms with E-state index >= 15 is 0 Å². The van der Waals surface area contributed by atoms with Gasteiger partial charge in [0.2, 0.25) is 11.8 Å². The van der Waals surface area contributed by atoms with E-state index in [9.17, 15) is 19.2 Å². The Kier molecular flexibility index (Phi) is 29.0. The van der Waals surface area contributed by atoms with Crippen LogP contribution in [-0.2, 0) is 33.0 Å². The average molecular weight is 1970 g/mol. The van der Waals surface area contributed by atoms with Crippen LogP contribution in [0.5, 0.6) is 34.8 Å². The molecule has 5 aromatic carbocycles. The van der Waals surface area contributed by atoms with Gasteiger partial charge >= 0.3 is 0 Å². The first kappa shape index (κ1) is 97.4. The third-order valence-corrected chi connectivity index (χ3v) is 31.4. The summed E-state index contributed by atoms with van der Waals surface area (Å²) in [5, 5.41) is 10.2. The number of rotatable bonds is 14. The van der Waals surface area contributed by atoms with Crippen LogP contribution in [0.15, 0.2) is 147 Å². The van der Waals surface area contributed by atoms with Gasteiger partial charge in [0.25, 0.3) is 22.2 Å². The Balaban J connectivity index is 0.000000130. The zero-order valence-corrected chi connectivity index (χ0v) is 82.3. The molecule has 8 atom stereocenters. The Bertz CT molecular complexity index is 6440. The number of para-hydroxylation sites is 1. The number of halogens is 7. The predicted octanol–water partition coefficient (Wildman–Crippen LogP) is 15.5. The molecule has 8 saturated heterocycles. The highest BCUT2D eigenvalue weighted by Crippen LogP contribution is 2.49. The van der Waals surface area contributed by atoms with E-state index in [0.717, 1.165) is 122 Å². The van der Waals surface area contributed by atoms with Crippen LogP contribution in [0.4, 0.5) is 23.3 Å². The van der Waals surface area contributed by atoms with Gasteiger partial charge in [-0.3, -0.25) is 46.8 Å². The fourth-order valence-electron chi connectivity index (χ4n) is 19.9. The van der Waals surface area contributed by atoms with E-state index in [1.165, 1.54) is 13.7 Å². The Hall–Kier alpha value is -9.65. The second-order valence-electron chi connectivity index (χ2n) is 36.6. The van der Waals surface area contributed by atoms with E-state index in [1.807, 2.05) is 90.1 Å². The number of nitrogens with two attached hydrogens (primary N) is 4. The van der Waals surface area contributed by atoms with Crippen LogP contribution in [-0.4, -0.2) is 185 Å². The molecule has 19 rings (SSSR count). The van der Waals surface area contributed by atoms with E-state index in [0.29, 0.717) is 129 Å². The van der Waals surface area contributed by atoms with Gasteiger partial charge < -0.3 is 75.7 Å². The van der Waals surface area contributed by atoms with Crippen LogP contribution >= 0.6 is 81.2 Å². The monoisotopic (exact) mass is 1970 g/mol. The van der Waals surface area contributed by atoms with Crippen LogP contribution in [0.2, 0.25) is 35.2 Å². The van der Waals surface area contributed by atoms with Gasteiger partial charge in [0.05, 0.1) is 99.2 Å². The number of anilines is 4. The van der Waals surface area contributed by atoms with Crippen molar-refractivity contribution in [3.05, 3.63) is 239 Å². The quantitative estimate of drug-likeness (QED) is 0.0785. The number of piperidine rings is 4. The predicted molar refractivity (Wildman–Crippen MR) is 525 cm³/mol. The molecular weight excluding hydrogens is 1860 g/mol. The Labute approximate surface area is 812 Å². The van der Waals surface area contributed by atoms with Crippen molar-refractivity contribution >= 4 is 104 Å². The molecule has 0 saturated carbocycles. The maximum absolute atomic E-state index is 13.6. The lowest BCUT2D eigenvalue weighted by atomic mass is 9.73. The molecule has 0 radical (unpaired) electrons. The Morgan fingerprint density at radius 2 is 0.672 bits per heavy atom. The minimum Gasteiger partial charge on any atom is -0.456 e. The number of nitrogens with zero attached hydrogens (tertiary/aromatic N) is 16. The van der Waals surface area contributed by atoms with E-state index in [1.54, 1.807) is 135 Å². The fraction of sp³-hybridized carbons (Fsp3) is 0.458. The molecule has 712 valence electrons. The van der Waals surface area contributed by atoms with Crippen molar-refractivity contribution in [1.82, 2.24) is 57.8 Å². The first-order valence-electron chi connectivity index (χ1n) is 45.1. The summed E-state index contributed by atoms with van der Waals surface area (Å²) in [7, 11) is 3.58. The summed E-state index contributed by atoms with van der Waals surface area (Å²) >= 11 is 45.8. The summed E-state index contributed by atoms with van der Waals surface area (Å²) in [4.78, 5) is 80.5. The molecule has 8 N–H and O–H groups in total. The van der Waals surface area contributed by atoms with Gasteiger partial charge in [0, 0.05) is 155 Å². The van der Waals surface area contributed by atoms with Gasteiger partial charge in [-0.1, -0.05) is 112 Å². The Morgan fingerprint density at radius 3 is 0.985 bits per heavy atom. The summed E-state index contributed by atoms with van der Waals surface area (Å²) in [6.07, 6.45) is 11.2. The minimum absolute atomic E-state index is 0.00277. The zero-order chi connectivity index (χ0) is 95.5. The van der Waals surface area contributed by atoms with Crippen molar-refractivity contribution in [2.24, 2.45) is 58.7 Å². The molecule has 38 heteroatoms. The van der Waals surface area contributed by atoms with E-state index in [4.69, 9.17) is 157 Å². The number of benzene rings is 5. The van der Waals surface area contributed by atoms with Gasteiger partial charge in [-0.25, -0.2) is 19.9 Å². The molecule has 11 aromatic rings. The summed E-state index contributed by atoms with van der Waals surface area (Å²) < 4.78 is 49.9. The van der Waals surface area contributed by atoms with Crippen LogP contribution in [0, 0.1) is 63.2 Å². The highest BCUT2D eigenvalue weighted by atomic mass is 35.5. The molecule has 8 fully saturated rings. The van der Waals surface area contributed by atoms with E-state index < -0.39 is 0 Å². The van der Waals surface area contributed by atoms with Crippen molar-refractivity contribution < 1.29 is 33.2 Å². The van der Waals surface area contributed by atoms with Crippen molar-refractivity contribution in [3.63, 3.8) is 0 Å². The topological polar surface area (TPSA) is 357 Å². The van der Waals surface area contributed by atoms with Gasteiger partial charge in [-0.05, 0) is 181 Å². The maximum Gasteiger partial charge on any atom is 0.263 e. The van der Waals surface area contributed by atoms with Crippen LogP contribution in [0.3, 0.4) is 0 Å². The van der Waals surface area contributed by atoms with E-state index in [2.05, 4.69) is 29.8 Å². The van der Waals surface area contributed by atoms with E-state index in [-0.39, 0.29) is 123 Å². The molecule has 31 nitrogen and oxygen atoms in total. The SMILES string of the molecule is Cc1c(N2CCC3(CC2)CO[C@@H](C)[C@H]3N)nc(C)n(-c2ccc(Oc3ccn(C)n3)c(Cl)c2Cl)c1=O.Cc1cccc(-n2c(C)nc(N3CCC4(CC3)CO[C@@H](C)[C@H]4N)cc2=O)c1Cl.Cc1nc(N2CCC3(CC2)CO[C@@H](C)[C@H]3N)cc(=O)n1-c1ccc(Oc2ccccc2)c(Cl)c1Cl.Cc1nc(N2CCC3(CC2)CO[C@@H](C)[C@H]3N)cc(=O)n1-c1ccc(Oc2ccn(C)n2)c(Cl)c1Cl. The lowest BCUT2D eigenvalue weighted by Crippen LogP contribution is -2.51. The molecule has 0 aliphatic carbocycles. The van der Waals surface area contributed by atoms with Crippen molar-refractivity contribution in [3.8, 4) is 57.5 Å². The first-order valence-corrected chi connectivity index (χ1v) is 47.7. The highest BCUT2D eigenvalue weighted by Gasteiger charge is 2.52. The summed E-state index contributed by atoms with van der Waals surface area (Å²) in [5.41, 5.74) is 28.5. The lowest BCUT2D eigenvalue weighted by molar-refractivity contribution is 0.0973. The summed E-state index contributed by atoms with van der Waals surface area (Å²) in [6.45, 7) is 28.2. The molecule has 8 aliphatic rings. The smallest absolute Gasteiger partial charge is 0.263 e. The minimum atomic E-state index is -0.237. The normalized spacial score (nSPS) is 22.0. The molecule has 0 amide bonds. The third kappa shape index (κ3) is 19.3. The van der Waals surface area contributed by atoms with Crippen molar-refractivity contribution in [2.75, 3.05) is 98.4 Å². The number of hydrogen-bond acceptors (Lipinski definition) is 25. The summed E-state index contributed by atoms with van der Waals surface area (Å²) in [5.74, 6) is 7.44. The number of hydrogen-bond donors (Lipinski definition) is 4. The molecular formula is C96H113Cl7N20O11. The fourth-order valence-corrected chi connectivity index (χ4v) is 21.4. The van der Waals surface area contributed by atoms with Gasteiger partial charge in [0.15, 0.2) is 0 Å². The molecule has 0 bridgehead atoms. The maximum atomic E-state index is 13.6.